The molecule has 3 rings (SSSR count). The van der Waals surface area contributed by atoms with Gasteiger partial charge in [-0.1, -0.05) is 18.2 Å². The molecule has 112 valence electrons. The maximum atomic E-state index is 13.8. The molecule has 2 aromatic rings. The van der Waals surface area contributed by atoms with Crippen molar-refractivity contribution in [2.75, 3.05) is 6.54 Å². The van der Waals surface area contributed by atoms with Gasteiger partial charge in [-0.25, -0.2) is 4.39 Å². The summed E-state index contributed by atoms with van der Waals surface area (Å²) in [5.74, 6) is 0.522. The molecule has 0 aliphatic heterocycles. The molecule has 0 radical (unpaired) electrons. The molecule has 4 heteroatoms. The first-order valence-electron chi connectivity index (χ1n) is 7.38. The molecule has 1 N–H and O–H groups in total. The van der Waals surface area contributed by atoms with Crippen LogP contribution in [0.2, 0.25) is 0 Å². The van der Waals surface area contributed by atoms with Crippen LogP contribution in [0.25, 0.3) is 0 Å². The van der Waals surface area contributed by atoms with Crippen LogP contribution < -0.4 is 0 Å². The lowest BCUT2D eigenvalue weighted by Gasteiger charge is -2.30. The van der Waals surface area contributed by atoms with Crippen molar-refractivity contribution in [3.63, 3.8) is 0 Å². The van der Waals surface area contributed by atoms with Crippen molar-refractivity contribution in [2.24, 2.45) is 0 Å². The fourth-order valence-corrected chi connectivity index (χ4v) is 2.77. The molecule has 1 fully saturated rings. The second-order valence-electron chi connectivity index (χ2n) is 5.66. The number of rotatable bonds is 6. The van der Waals surface area contributed by atoms with Gasteiger partial charge in [0.2, 0.25) is 0 Å². The molecule has 21 heavy (non-hydrogen) atoms. The Bertz CT molecular complexity index is 580. The normalized spacial score (nSPS) is 17.9. The van der Waals surface area contributed by atoms with Gasteiger partial charge in [-0.2, -0.15) is 0 Å². The number of nitrogens with zero attached hydrogens (tertiary/aromatic N) is 1. The van der Waals surface area contributed by atoms with Crippen molar-refractivity contribution >= 4 is 0 Å². The summed E-state index contributed by atoms with van der Waals surface area (Å²) < 4.78 is 19.3. The molecule has 2 unspecified atom stereocenters. The minimum absolute atomic E-state index is 0.0777. The number of furan rings is 1. The van der Waals surface area contributed by atoms with Gasteiger partial charge in [0.1, 0.15) is 11.6 Å². The van der Waals surface area contributed by atoms with Gasteiger partial charge >= 0.3 is 0 Å². The highest BCUT2D eigenvalue weighted by atomic mass is 19.1. The highest BCUT2D eigenvalue weighted by Crippen LogP contribution is 2.36. The Kier molecular flexibility index (Phi) is 4.08. The highest BCUT2D eigenvalue weighted by molar-refractivity contribution is 5.20. The molecule has 0 bridgehead atoms. The third-order valence-corrected chi connectivity index (χ3v) is 4.12. The number of aliphatic hydroxyl groups excluding tert-OH is 1. The van der Waals surface area contributed by atoms with E-state index in [-0.39, 0.29) is 11.9 Å². The Morgan fingerprint density at radius 2 is 2.05 bits per heavy atom. The van der Waals surface area contributed by atoms with E-state index in [0.29, 0.717) is 18.2 Å². The minimum atomic E-state index is -0.829. The van der Waals surface area contributed by atoms with E-state index in [1.165, 1.54) is 6.07 Å². The topological polar surface area (TPSA) is 36.6 Å². The van der Waals surface area contributed by atoms with Gasteiger partial charge < -0.3 is 9.52 Å². The van der Waals surface area contributed by atoms with Crippen LogP contribution in [-0.4, -0.2) is 22.6 Å². The molecule has 2 atom stereocenters. The fraction of sp³-hybridized carbons (Fsp3) is 0.412. The highest BCUT2D eigenvalue weighted by Gasteiger charge is 2.35. The van der Waals surface area contributed by atoms with Gasteiger partial charge in [-0.05, 0) is 38.0 Å². The number of benzene rings is 1. The third kappa shape index (κ3) is 3.17. The van der Waals surface area contributed by atoms with E-state index in [2.05, 4.69) is 11.8 Å². The quantitative estimate of drug-likeness (QED) is 0.881. The Labute approximate surface area is 124 Å². The summed E-state index contributed by atoms with van der Waals surface area (Å²) in [6.45, 7) is 2.47. The second kappa shape index (κ2) is 6.00. The summed E-state index contributed by atoms with van der Waals surface area (Å²) in [6.07, 6.45) is 3.07. The number of halogens is 1. The molecule has 1 aliphatic rings. The summed E-state index contributed by atoms with van der Waals surface area (Å²) in [7, 11) is 0. The van der Waals surface area contributed by atoms with E-state index < -0.39 is 6.10 Å². The molecule has 3 nitrogen and oxygen atoms in total. The molecule has 1 heterocycles. The molecule has 1 aliphatic carbocycles. The van der Waals surface area contributed by atoms with Crippen LogP contribution in [0.3, 0.4) is 0 Å². The first-order valence-corrected chi connectivity index (χ1v) is 7.38. The predicted molar refractivity (Wildman–Crippen MR) is 78.2 cm³/mol. The van der Waals surface area contributed by atoms with Gasteiger partial charge in [-0.15, -0.1) is 0 Å². The molecule has 0 saturated heterocycles. The van der Waals surface area contributed by atoms with E-state index in [1.807, 2.05) is 12.1 Å². The summed E-state index contributed by atoms with van der Waals surface area (Å²) >= 11 is 0. The Balaban J connectivity index is 1.75. The van der Waals surface area contributed by atoms with Crippen molar-refractivity contribution in [1.29, 1.82) is 0 Å². The standard InChI is InChI=1S/C17H20FNO2/c1-12(17-7-4-10-21-17)19(13-8-9-13)11-16(20)14-5-2-3-6-15(14)18/h2-7,10,12-13,16,20H,8-9,11H2,1H3. The molecule has 1 aromatic heterocycles. The number of aliphatic hydroxyl groups is 1. The third-order valence-electron chi connectivity index (χ3n) is 4.12. The van der Waals surface area contributed by atoms with Crippen LogP contribution in [0.15, 0.2) is 47.1 Å². The molecular weight excluding hydrogens is 269 g/mol. The lowest BCUT2D eigenvalue weighted by molar-refractivity contribution is 0.0767. The SMILES string of the molecule is CC(c1ccco1)N(CC(O)c1ccccc1F)C1CC1. The summed E-state index contributed by atoms with van der Waals surface area (Å²) in [5.41, 5.74) is 0.356. The van der Waals surface area contributed by atoms with Crippen LogP contribution in [0.5, 0.6) is 0 Å². The lowest BCUT2D eigenvalue weighted by atomic mass is 10.1. The Hall–Kier alpha value is -1.65. The number of hydrogen-bond donors (Lipinski definition) is 1. The smallest absolute Gasteiger partial charge is 0.129 e. The minimum Gasteiger partial charge on any atom is -0.468 e. The van der Waals surface area contributed by atoms with Crippen LogP contribution in [0, 0.1) is 5.82 Å². The predicted octanol–water partition coefficient (Wildman–Crippen LogP) is 3.68. The van der Waals surface area contributed by atoms with E-state index in [1.54, 1.807) is 24.5 Å². The first kappa shape index (κ1) is 14.3. The average molecular weight is 289 g/mol. The van der Waals surface area contributed by atoms with Crippen LogP contribution in [0.1, 0.15) is 43.2 Å². The first-order chi connectivity index (χ1) is 10.2. The lowest BCUT2D eigenvalue weighted by Crippen LogP contribution is -2.33. The molecular formula is C17H20FNO2. The summed E-state index contributed by atoms with van der Waals surface area (Å²) in [6, 6.07) is 10.7. The Morgan fingerprint density at radius 1 is 1.29 bits per heavy atom. The van der Waals surface area contributed by atoms with E-state index in [0.717, 1.165) is 18.6 Å². The van der Waals surface area contributed by atoms with E-state index in [9.17, 15) is 9.50 Å². The van der Waals surface area contributed by atoms with E-state index in [4.69, 9.17) is 4.42 Å². The largest absolute Gasteiger partial charge is 0.468 e. The fourth-order valence-electron chi connectivity index (χ4n) is 2.77. The number of hydrogen-bond acceptors (Lipinski definition) is 3. The van der Waals surface area contributed by atoms with Crippen molar-refractivity contribution in [1.82, 2.24) is 4.90 Å². The monoisotopic (exact) mass is 289 g/mol. The zero-order valence-corrected chi connectivity index (χ0v) is 12.1. The molecule has 1 aromatic carbocycles. The van der Waals surface area contributed by atoms with Crippen LogP contribution >= 0.6 is 0 Å². The second-order valence-corrected chi connectivity index (χ2v) is 5.66. The maximum Gasteiger partial charge on any atom is 0.129 e. The van der Waals surface area contributed by atoms with Gasteiger partial charge in [0.25, 0.3) is 0 Å². The molecule has 1 saturated carbocycles. The summed E-state index contributed by atoms with van der Waals surface area (Å²) in [4.78, 5) is 2.20. The van der Waals surface area contributed by atoms with Gasteiger partial charge in [0.15, 0.2) is 0 Å². The van der Waals surface area contributed by atoms with Gasteiger partial charge in [-0.3, -0.25) is 4.90 Å². The van der Waals surface area contributed by atoms with Crippen molar-refractivity contribution in [3.8, 4) is 0 Å². The van der Waals surface area contributed by atoms with Crippen LogP contribution in [-0.2, 0) is 0 Å². The van der Waals surface area contributed by atoms with Crippen molar-refractivity contribution in [2.45, 2.75) is 38.0 Å². The molecule has 0 amide bonds. The zero-order valence-electron chi connectivity index (χ0n) is 12.1. The molecule has 0 spiro atoms. The zero-order chi connectivity index (χ0) is 14.8. The average Bonchev–Trinajstić information content (AvgIpc) is 3.17. The van der Waals surface area contributed by atoms with Crippen molar-refractivity contribution < 1.29 is 13.9 Å². The van der Waals surface area contributed by atoms with E-state index >= 15 is 0 Å². The van der Waals surface area contributed by atoms with Gasteiger partial charge in [0.05, 0.1) is 18.4 Å². The maximum absolute atomic E-state index is 13.8. The Morgan fingerprint density at radius 3 is 2.67 bits per heavy atom. The summed E-state index contributed by atoms with van der Waals surface area (Å²) in [5, 5.41) is 10.4. The van der Waals surface area contributed by atoms with Gasteiger partial charge in [0, 0.05) is 18.2 Å². The van der Waals surface area contributed by atoms with Crippen LogP contribution in [0.4, 0.5) is 4.39 Å². The van der Waals surface area contributed by atoms with Crippen molar-refractivity contribution in [3.05, 3.63) is 59.8 Å².